The summed E-state index contributed by atoms with van der Waals surface area (Å²) >= 11 is 3.33. The van der Waals surface area contributed by atoms with E-state index >= 15 is 0 Å². The van der Waals surface area contributed by atoms with E-state index < -0.39 is 0 Å². The summed E-state index contributed by atoms with van der Waals surface area (Å²) in [6.07, 6.45) is 4.57. The number of hydrogen-bond donors (Lipinski definition) is 0. The number of carbonyl (C=O) groups excluding carboxylic acids is 1. The third kappa shape index (κ3) is 2.82. The summed E-state index contributed by atoms with van der Waals surface area (Å²) in [5, 5.41) is 0. The third-order valence-electron chi connectivity index (χ3n) is 1.24. The zero-order valence-electron chi connectivity index (χ0n) is 6.20. The predicted molar refractivity (Wildman–Crippen MR) is 51.3 cm³/mol. The molecular weight excluding hydrogens is 218 g/mol. The normalized spacial score (nSPS) is 9.75. The van der Waals surface area contributed by atoms with Crippen LogP contribution in [-0.2, 0) is 4.79 Å². The van der Waals surface area contributed by atoms with Gasteiger partial charge in [0.15, 0.2) is 0 Å². The van der Waals surface area contributed by atoms with Crippen molar-refractivity contribution in [1.29, 1.82) is 0 Å². The molecule has 1 rings (SSSR count). The molecule has 0 unspecified atom stereocenters. The second-order valence-corrected chi connectivity index (χ2v) is 3.01. The molecule has 0 saturated carbocycles. The monoisotopic (exact) mass is 223 g/mol. The van der Waals surface area contributed by atoms with Gasteiger partial charge in [0.2, 0.25) is 6.08 Å². The van der Waals surface area contributed by atoms with E-state index in [1.165, 1.54) is 12.3 Å². The summed E-state index contributed by atoms with van der Waals surface area (Å²) in [4.78, 5) is 13.0. The summed E-state index contributed by atoms with van der Waals surface area (Å²) in [7, 11) is 0. The maximum absolute atomic E-state index is 9.71. The Balaban J connectivity index is 2.82. The van der Waals surface area contributed by atoms with Crippen LogP contribution in [0.4, 0.5) is 0 Å². The molecule has 0 bridgehead atoms. The van der Waals surface area contributed by atoms with E-state index in [1.54, 1.807) is 6.08 Å². The zero-order chi connectivity index (χ0) is 8.81. The number of aliphatic imine (C=N–C) groups is 1. The fourth-order valence-corrected chi connectivity index (χ4v) is 1.18. The Morgan fingerprint density at radius 2 is 2.33 bits per heavy atom. The summed E-state index contributed by atoms with van der Waals surface area (Å²) in [5.74, 6) is 0. The van der Waals surface area contributed by atoms with Crippen molar-refractivity contribution in [2.75, 3.05) is 0 Å². The molecule has 0 fully saturated rings. The second-order valence-electron chi connectivity index (χ2n) is 2.09. The maximum Gasteiger partial charge on any atom is 0.239 e. The molecule has 0 aliphatic heterocycles. The number of halogens is 1. The van der Waals surface area contributed by atoms with Crippen LogP contribution in [0.3, 0.4) is 0 Å². The van der Waals surface area contributed by atoms with Crippen molar-refractivity contribution in [2.45, 2.75) is 0 Å². The van der Waals surface area contributed by atoms with Crippen LogP contribution in [0.2, 0.25) is 0 Å². The predicted octanol–water partition coefficient (Wildman–Crippen LogP) is 2.76. The van der Waals surface area contributed by atoms with E-state index in [0.717, 1.165) is 10.0 Å². The van der Waals surface area contributed by atoms with Crippen molar-refractivity contribution in [3.8, 4) is 0 Å². The van der Waals surface area contributed by atoms with Gasteiger partial charge in [-0.25, -0.2) is 4.79 Å². The molecule has 1 aromatic carbocycles. The van der Waals surface area contributed by atoms with Crippen LogP contribution in [0.5, 0.6) is 0 Å². The van der Waals surface area contributed by atoms with Gasteiger partial charge in [-0.05, 0) is 23.8 Å². The van der Waals surface area contributed by atoms with Gasteiger partial charge in [-0.2, -0.15) is 4.99 Å². The summed E-state index contributed by atoms with van der Waals surface area (Å²) in [6, 6.07) is 7.69. The number of benzene rings is 1. The average molecular weight is 224 g/mol. The molecule has 0 spiro atoms. The molecule has 0 atom stereocenters. The van der Waals surface area contributed by atoms with Crippen molar-refractivity contribution >= 4 is 28.1 Å². The molecule has 0 heterocycles. The van der Waals surface area contributed by atoms with Gasteiger partial charge in [-0.3, -0.25) is 0 Å². The number of hydrogen-bond acceptors (Lipinski definition) is 2. The molecule has 1 aromatic rings. The van der Waals surface area contributed by atoms with E-state index in [2.05, 4.69) is 20.9 Å². The van der Waals surface area contributed by atoms with Crippen molar-refractivity contribution in [3.63, 3.8) is 0 Å². The highest BCUT2D eigenvalue weighted by molar-refractivity contribution is 9.10. The number of isocyanates is 1. The van der Waals surface area contributed by atoms with Gasteiger partial charge in [0, 0.05) is 10.7 Å². The molecule has 0 saturated heterocycles. The summed E-state index contributed by atoms with van der Waals surface area (Å²) in [5.41, 5.74) is 0.989. The van der Waals surface area contributed by atoms with Gasteiger partial charge >= 0.3 is 0 Å². The lowest BCUT2D eigenvalue weighted by molar-refractivity contribution is 0.565. The van der Waals surface area contributed by atoms with E-state index in [9.17, 15) is 4.79 Å². The fourth-order valence-electron chi connectivity index (χ4n) is 0.764. The molecule has 0 radical (unpaired) electrons. The van der Waals surface area contributed by atoms with Crippen molar-refractivity contribution in [1.82, 2.24) is 0 Å². The third-order valence-corrected chi connectivity index (χ3v) is 1.74. The Morgan fingerprint density at radius 3 is 3.00 bits per heavy atom. The van der Waals surface area contributed by atoms with Crippen molar-refractivity contribution in [2.24, 2.45) is 4.99 Å². The molecule has 3 heteroatoms. The first-order chi connectivity index (χ1) is 5.83. The van der Waals surface area contributed by atoms with Crippen LogP contribution in [0.1, 0.15) is 5.56 Å². The quantitative estimate of drug-likeness (QED) is 0.560. The molecule has 0 aliphatic rings. The number of nitrogens with zero attached hydrogens (tertiary/aromatic N) is 1. The Morgan fingerprint density at radius 1 is 1.50 bits per heavy atom. The molecule has 12 heavy (non-hydrogen) atoms. The second kappa shape index (κ2) is 4.65. The van der Waals surface area contributed by atoms with Crippen LogP contribution in [0.25, 0.3) is 6.08 Å². The van der Waals surface area contributed by atoms with Gasteiger partial charge in [0.05, 0.1) is 0 Å². The highest BCUT2D eigenvalue weighted by Crippen LogP contribution is 2.12. The highest BCUT2D eigenvalue weighted by atomic mass is 79.9. The molecule has 0 N–H and O–H groups in total. The molecule has 60 valence electrons. The first-order valence-electron chi connectivity index (χ1n) is 3.32. The zero-order valence-corrected chi connectivity index (χ0v) is 7.78. The molecule has 0 aromatic heterocycles. The SMILES string of the molecule is O=C=N/C=C\c1cccc(Br)c1. The smallest absolute Gasteiger partial charge is 0.211 e. The largest absolute Gasteiger partial charge is 0.239 e. The first-order valence-corrected chi connectivity index (χ1v) is 4.11. The van der Waals surface area contributed by atoms with Crippen molar-refractivity contribution in [3.05, 3.63) is 40.5 Å². The van der Waals surface area contributed by atoms with Crippen LogP contribution in [-0.4, -0.2) is 6.08 Å². The Bertz CT molecular complexity index is 340. The van der Waals surface area contributed by atoms with Gasteiger partial charge in [-0.1, -0.05) is 28.1 Å². The maximum atomic E-state index is 9.71. The number of rotatable bonds is 2. The highest BCUT2D eigenvalue weighted by Gasteiger charge is 1.86. The Labute approximate surface area is 78.8 Å². The minimum absolute atomic E-state index is 0.989. The lowest BCUT2D eigenvalue weighted by Gasteiger charge is -1.91. The minimum Gasteiger partial charge on any atom is -0.211 e. The van der Waals surface area contributed by atoms with Crippen molar-refractivity contribution < 1.29 is 4.79 Å². The van der Waals surface area contributed by atoms with E-state index in [-0.39, 0.29) is 0 Å². The summed E-state index contributed by atoms with van der Waals surface area (Å²) in [6.45, 7) is 0. The molecular formula is C9H6BrNO. The lowest BCUT2D eigenvalue weighted by Crippen LogP contribution is -1.69. The van der Waals surface area contributed by atoms with E-state index in [0.29, 0.717) is 0 Å². The van der Waals surface area contributed by atoms with Crippen LogP contribution in [0, 0.1) is 0 Å². The fraction of sp³-hybridized carbons (Fsp3) is 0. The van der Waals surface area contributed by atoms with Gasteiger partial charge < -0.3 is 0 Å². The first kappa shape index (κ1) is 8.91. The van der Waals surface area contributed by atoms with Crippen LogP contribution >= 0.6 is 15.9 Å². The van der Waals surface area contributed by atoms with Gasteiger partial charge in [0.1, 0.15) is 0 Å². The van der Waals surface area contributed by atoms with E-state index in [4.69, 9.17) is 0 Å². The minimum atomic E-state index is 0.989. The molecule has 2 nitrogen and oxygen atoms in total. The van der Waals surface area contributed by atoms with Gasteiger partial charge in [-0.15, -0.1) is 0 Å². The molecule has 0 amide bonds. The average Bonchev–Trinajstić information content (AvgIpc) is 2.05. The van der Waals surface area contributed by atoms with Gasteiger partial charge in [0.25, 0.3) is 0 Å². The molecule has 0 aliphatic carbocycles. The standard InChI is InChI=1S/C9H6BrNO/c10-9-3-1-2-8(6-9)4-5-11-7-12/h1-6H/b5-4-. The Hall–Kier alpha value is -1.18. The van der Waals surface area contributed by atoms with E-state index in [1.807, 2.05) is 24.3 Å². The summed E-state index contributed by atoms with van der Waals surface area (Å²) < 4.78 is 1.000. The van der Waals surface area contributed by atoms with Crippen LogP contribution in [0.15, 0.2) is 39.9 Å². The topological polar surface area (TPSA) is 29.4 Å². The Kier molecular flexibility index (Phi) is 3.45. The van der Waals surface area contributed by atoms with Crippen LogP contribution < -0.4 is 0 Å². The lowest BCUT2D eigenvalue weighted by atomic mass is 10.2.